The van der Waals surface area contributed by atoms with Crippen molar-refractivity contribution in [3.63, 3.8) is 0 Å². The highest BCUT2D eigenvalue weighted by Gasteiger charge is 2.21. The number of hydrazine groups is 1. The molecule has 0 spiro atoms. The van der Waals surface area contributed by atoms with Crippen molar-refractivity contribution in [3.05, 3.63) is 59.7 Å². The minimum absolute atomic E-state index is 0.154. The van der Waals surface area contributed by atoms with Crippen molar-refractivity contribution < 1.29 is 14.4 Å². The molecule has 7 nitrogen and oxygen atoms in total. The van der Waals surface area contributed by atoms with Gasteiger partial charge in [-0.1, -0.05) is 32.9 Å². The molecule has 0 saturated carbocycles. The number of benzene rings is 2. The Kier molecular flexibility index (Phi) is 6.41. The summed E-state index contributed by atoms with van der Waals surface area (Å²) in [5.41, 5.74) is 6.38. The van der Waals surface area contributed by atoms with Crippen molar-refractivity contribution in [2.45, 2.75) is 20.8 Å². The fraction of sp³-hybridized carbons (Fsp3) is 0.286. The second kappa shape index (κ2) is 8.56. The first-order valence-corrected chi connectivity index (χ1v) is 8.87. The highest BCUT2D eigenvalue weighted by atomic mass is 16.2. The van der Waals surface area contributed by atoms with Crippen molar-refractivity contribution in [3.8, 4) is 0 Å². The van der Waals surface area contributed by atoms with Gasteiger partial charge in [-0.2, -0.15) is 0 Å². The predicted octanol–water partition coefficient (Wildman–Crippen LogP) is 2.81. The molecule has 0 radical (unpaired) electrons. The van der Waals surface area contributed by atoms with Crippen LogP contribution in [-0.2, 0) is 4.79 Å². The van der Waals surface area contributed by atoms with Crippen LogP contribution in [0.25, 0.3) is 0 Å². The number of rotatable bonds is 4. The molecule has 2 aromatic rings. The molecule has 0 unspecified atom stereocenters. The molecular weight excluding hydrogens is 356 g/mol. The largest absolute Gasteiger partial charge is 0.378 e. The van der Waals surface area contributed by atoms with Crippen molar-refractivity contribution >= 4 is 29.1 Å². The number of nitrogens with zero attached hydrogens (tertiary/aromatic N) is 1. The van der Waals surface area contributed by atoms with Crippen molar-refractivity contribution in [1.82, 2.24) is 10.9 Å². The minimum Gasteiger partial charge on any atom is -0.378 e. The number of hydrogen-bond acceptors (Lipinski definition) is 4. The van der Waals surface area contributed by atoms with E-state index in [1.165, 1.54) is 0 Å². The molecule has 28 heavy (non-hydrogen) atoms. The third-order valence-electron chi connectivity index (χ3n) is 3.98. The molecule has 0 heterocycles. The molecule has 0 aromatic heterocycles. The molecule has 0 aliphatic heterocycles. The SMILES string of the molecule is CN(C)c1cccc(C(=O)NNC(=O)c2cccc(NC(=O)C(C)(C)C)c2)c1. The number of hydrogen-bond donors (Lipinski definition) is 3. The molecule has 2 aromatic carbocycles. The summed E-state index contributed by atoms with van der Waals surface area (Å²) in [4.78, 5) is 38.6. The third-order valence-corrected chi connectivity index (χ3v) is 3.98. The number of nitrogens with one attached hydrogen (secondary N) is 3. The zero-order valence-corrected chi connectivity index (χ0v) is 16.8. The first kappa shape index (κ1) is 21.0. The fourth-order valence-corrected chi connectivity index (χ4v) is 2.24. The van der Waals surface area contributed by atoms with E-state index in [1.54, 1.807) is 63.2 Å². The van der Waals surface area contributed by atoms with Gasteiger partial charge in [-0.15, -0.1) is 0 Å². The topological polar surface area (TPSA) is 90.5 Å². The summed E-state index contributed by atoms with van der Waals surface area (Å²) in [6.45, 7) is 5.42. The van der Waals surface area contributed by atoms with Crippen LogP contribution in [-0.4, -0.2) is 31.8 Å². The zero-order valence-electron chi connectivity index (χ0n) is 16.8. The van der Waals surface area contributed by atoms with Crippen LogP contribution in [0.4, 0.5) is 11.4 Å². The lowest BCUT2D eigenvalue weighted by Crippen LogP contribution is -2.41. The molecule has 2 rings (SSSR count). The van der Waals surface area contributed by atoms with Crippen LogP contribution in [0.15, 0.2) is 48.5 Å². The van der Waals surface area contributed by atoms with Gasteiger partial charge in [0.1, 0.15) is 0 Å². The Bertz CT molecular complexity index is 885. The van der Waals surface area contributed by atoms with E-state index in [0.717, 1.165) is 5.69 Å². The Balaban J connectivity index is 2.01. The smallest absolute Gasteiger partial charge is 0.269 e. The minimum atomic E-state index is -0.548. The van der Waals surface area contributed by atoms with Gasteiger partial charge in [-0.05, 0) is 36.4 Å². The summed E-state index contributed by atoms with van der Waals surface area (Å²) in [6.07, 6.45) is 0. The van der Waals surface area contributed by atoms with E-state index in [9.17, 15) is 14.4 Å². The van der Waals surface area contributed by atoms with E-state index in [4.69, 9.17) is 0 Å². The number of amides is 3. The Hall–Kier alpha value is -3.35. The van der Waals surface area contributed by atoms with Crippen LogP contribution in [0.3, 0.4) is 0 Å². The Morgan fingerprint density at radius 3 is 1.89 bits per heavy atom. The lowest BCUT2D eigenvalue weighted by molar-refractivity contribution is -0.123. The average Bonchev–Trinajstić information content (AvgIpc) is 2.65. The van der Waals surface area contributed by atoms with E-state index >= 15 is 0 Å². The second-order valence-electron chi connectivity index (χ2n) is 7.64. The first-order chi connectivity index (χ1) is 13.1. The molecule has 7 heteroatoms. The number of carbonyl (C=O) groups excluding carboxylic acids is 3. The summed E-state index contributed by atoms with van der Waals surface area (Å²) in [6, 6.07) is 13.6. The van der Waals surface area contributed by atoms with Gasteiger partial charge in [0.2, 0.25) is 5.91 Å². The maximum Gasteiger partial charge on any atom is 0.269 e. The summed E-state index contributed by atoms with van der Waals surface area (Å²) in [5, 5.41) is 2.77. The maximum absolute atomic E-state index is 12.3. The van der Waals surface area contributed by atoms with Crippen molar-refractivity contribution in [1.29, 1.82) is 0 Å². The molecule has 0 fully saturated rings. The first-order valence-electron chi connectivity index (χ1n) is 8.87. The zero-order chi connectivity index (χ0) is 20.9. The average molecular weight is 382 g/mol. The van der Waals surface area contributed by atoms with Gasteiger partial charge >= 0.3 is 0 Å². The molecule has 3 amide bonds. The Morgan fingerprint density at radius 1 is 0.821 bits per heavy atom. The van der Waals surface area contributed by atoms with Gasteiger partial charge in [-0.3, -0.25) is 25.2 Å². The van der Waals surface area contributed by atoms with Crippen LogP contribution < -0.4 is 21.1 Å². The number of carbonyl (C=O) groups is 3. The standard InChI is InChI=1S/C21H26N4O3/c1-21(2,3)20(28)22-16-10-6-8-14(12-16)18(26)23-24-19(27)15-9-7-11-17(13-15)25(4)5/h6-13H,1-5H3,(H,22,28)(H,23,26)(H,24,27). The predicted molar refractivity (Wildman–Crippen MR) is 110 cm³/mol. The molecule has 148 valence electrons. The lowest BCUT2D eigenvalue weighted by atomic mass is 9.95. The van der Waals surface area contributed by atoms with Gasteiger partial charge in [0.05, 0.1) is 0 Å². The summed E-state index contributed by atoms with van der Waals surface area (Å²) in [5.74, 6) is -1.06. The molecule has 3 N–H and O–H groups in total. The highest BCUT2D eigenvalue weighted by molar-refractivity contribution is 6.01. The Labute approximate surface area is 165 Å². The monoisotopic (exact) mass is 382 g/mol. The molecular formula is C21H26N4O3. The van der Waals surface area contributed by atoms with Crippen LogP contribution in [0.1, 0.15) is 41.5 Å². The van der Waals surface area contributed by atoms with Gasteiger partial charge in [0.15, 0.2) is 0 Å². The summed E-state index contributed by atoms with van der Waals surface area (Å²) >= 11 is 0. The Morgan fingerprint density at radius 2 is 1.36 bits per heavy atom. The number of anilines is 2. The van der Waals surface area contributed by atoms with Gasteiger partial charge in [-0.25, -0.2) is 0 Å². The van der Waals surface area contributed by atoms with Crippen LogP contribution in [0.2, 0.25) is 0 Å². The van der Waals surface area contributed by atoms with E-state index < -0.39 is 17.2 Å². The van der Waals surface area contributed by atoms with E-state index in [-0.39, 0.29) is 5.91 Å². The molecule has 0 bridgehead atoms. The molecule has 0 saturated heterocycles. The van der Waals surface area contributed by atoms with E-state index in [2.05, 4.69) is 16.2 Å². The summed E-state index contributed by atoms with van der Waals surface area (Å²) < 4.78 is 0. The fourth-order valence-electron chi connectivity index (χ4n) is 2.24. The quantitative estimate of drug-likeness (QED) is 0.709. The van der Waals surface area contributed by atoms with Gasteiger partial charge in [0, 0.05) is 42.0 Å². The summed E-state index contributed by atoms with van der Waals surface area (Å²) in [7, 11) is 3.76. The molecule has 0 atom stereocenters. The van der Waals surface area contributed by atoms with Crippen molar-refractivity contribution in [2.75, 3.05) is 24.3 Å². The molecule has 0 aliphatic rings. The van der Waals surface area contributed by atoms with Crippen LogP contribution >= 0.6 is 0 Å². The van der Waals surface area contributed by atoms with E-state index in [0.29, 0.717) is 16.8 Å². The highest BCUT2D eigenvalue weighted by Crippen LogP contribution is 2.18. The van der Waals surface area contributed by atoms with Gasteiger partial charge in [0.25, 0.3) is 11.8 Å². The normalized spacial score (nSPS) is 10.8. The van der Waals surface area contributed by atoms with Crippen LogP contribution in [0, 0.1) is 5.41 Å². The van der Waals surface area contributed by atoms with Crippen LogP contribution in [0.5, 0.6) is 0 Å². The van der Waals surface area contributed by atoms with Crippen molar-refractivity contribution in [2.24, 2.45) is 5.41 Å². The lowest BCUT2D eigenvalue weighted by Gasteiger charge is -2.18. The maximum atomic E-state index is 12.3. The third kappa shape index (κ3) is 5.57. The second-order valence-corrected chi connectivity index (χ2v) is 7.64. The van der Waals surface area contributed by atoms with Gasteiger partial charge < -0.3 is 10.2 Å². The van der Waals surface area contributed by atoms with E-state index in [1.807, 2.05) is 25.1 Å². The molecule has 0 aliphatic carbocycles.